The maximum absolute atomic E-state index is 11.4. The van der Waals surface area contributed by atoms with Crippen molar-refractivity contribution >= 4 is 22.2 Å². The summed E-state index contributed by atoms with van der Waals surface area (Å²) in [4.78, 5) is 11.4. The molecule has 116 valence electrons. The minimum Gasteiger partial charge on any atom is -0.496 e. The summed E-state index contributed by atoms with van der Waals surface area (Å²) in [7, 11) is 1.69. The Morgan fingerprint density at radius 3 is 2.77 bits per heavy atom. The van der Waals surface area contributed by atoms with Crippen LogP contribution in [0.3, 0.4) is 0 Å². The van der Waals surface area contributed by atoms with Crippen molar-refractivity contribution in [2.75, 3.05) is 7.11 Å². The number of rotatable bonds is 4. The number of aryl methyl sites for hydroxylation is 1. The third-order valence-corrected chi connectivity index (χ3v) is 4.81. The van der Waals surface area contributed by atoms with Crippen LogP contribution in [-0.2, 0) is 19.4 Å². The van der Waals surface area contributed by atoms with Crippen molar-refractivity contribution in [3.05, 3.63) is 39.5 Å². The van der Waals surface area contributed by atoms with Gasteiger partial charge in [-0.3, -0.25) is 4.79 Å². The third kappa shape index (κ3) is 2.50. The van der Waals surface area contributed by atoms with E-state index in [0.29, 0.717) is 5.92 Å². The fourth-order valence-electron chi connectivity index (χ4n) is 3.29. The van der Waals surface area contributed by atoms with E-state index in [1.54, 1.807) is 7.11 Å². The van der Waals surface area contributed by atoms with Crippen LogP contribution in [0.5, 0.6) is 5.75 Å². The number of hydrogen-bond acceptors (Lipinski definition) is 2. The number of carbonyl (C=O) groups excluding carboxylic acids is 1. The third-order valence-electron chi connectivity index (χ3n) is 4.19. The lowest BCUT2D eigenvalue weighted by Gasteiger charge is -2.23. The van der Waals surface area contributed by atoms with Crippen molar-refractivity contribution in [3.63, 3.8) is 0 Å². The smallest absolute Gasteiger partial charge is 0.166 e. The highest BCUT2D eigenvalue weighted by molar-refractivity contribution is 9.10. The average Bonchev–Trinajstić information content (AvgIpc) is 2.84. The Kier molecular flexibility index (Phi) is 4.13. The number of methoxy groups -OCH3 is 1. The second-order valence-electron chi connectivity index (χ2n) is 6.20. The number of halogens is 1. The molecule has 0 fully saturated rings. The van der Waals surface area contributed by atoms with Gasteiger partial charge in [-0.05, 0) is 64.0 Å². The Morgan fingerprint density at radius 2 is 2.14 bits per heavy atom. The van der Waals surface area contributed by atoms with Gasteiger partial charge in [-0.1, -0.05) is 13.8 Å². The number of nitrogens with zero attached hydrogens (tertiary/aromatic N) is 1. The molecule has 0 amide bonds. The highest BCUT2D eigenvalue weighted by atomic mass is 79.9. The van der Waals surface area contributed by atoms with Crippen molar-refractivity contribution < 1.29 is 9.53 Å². The Labute approximate surface area is 139 Å². The highest BCUT2D eigenvalue weighted by Gasteiger charge is 2.24. The molecule has 0 radical (unpaired) electrons. The van der Waals surface area contributed by atoms with Gasteiger partial charge in [-0.2, -0.15) is 0 Å². The summed E-state index contributed by atoms with van der Waals surface area (Å²) in [6.07, 6.45) is 2.87. The molecule has 1 aromatic carbocycles. The van der Waals surface area contributed by atoms with Crippen molar-refractivity contribution in [1.29, 1.82) is 0 Å². The average molecular weight is 362 g/mol. The Morgan fingerprint density at radius 1 is 1.36 bits per heavy atom. The summed E-state index contributed by atoms with van der Waals surface area (Å²) in [6, 6.07) is 6.28. The standard InChI is InChI=1S/C18H20BrNO2/c1-11(2)6-13-7-14(10-21)20-5-4-12-8-17(22-3)16(19)9-15(12)18(13)20/h7-11H,4-6H2,1-3H3. The molecule has 3 nitrogen and oxygen atoms in total. The minimum absolute atomic E-state index is 0.554. The van der Waals surface area contributed by atoms with Gasteiger partial charge in [0.15, 0.2) is 6.29 Å². The number of ether oxygens (including phenoxy) is 1. The van der Waals surface area contributed by atoms with Crippen LogP contribution in [0.25, 0.3) is 11.3 Å². The fourth-order valence-corrected chi connectivity index (χ4v) is 3.80. The van der Waals surface area contributed by atoms with Crippen molar-refractivity contribution in [3.8, 4) is 17.0 Å². The van der Waals surface area contributed by atoms with Crippen LogP contribution in [0.15, 0.2) is 22.7 Å². The number of fused-ring (bicyclic) bond motifs is 3. The van der Waals surface area contributed by atoms with Crippen LogP contribution >= 0.6 is 15.9 Å². The van der Waals surface area contributed by atoms with Crippen LogP contribution in [0, 0.1) is 5.92 Å². The second kappa shape index (κ2) is 5.92. The molecule has 0 spiro atoms. The Balaban J connectivity index is 2.21. The van der Waals surface area contributed by atoms with E-state index in [9.17, 15) is 4.79 Å². The fraction of sp³-hybridized carbons (Fsp3) is 0.389. The number of hydrogen-bond donors (Lipinski definition) is 0. The molecule has 22 heavy (non-hydrogen) atoms. The van der Waals surface area contributed by atoms with Gasteiger partial charge in [0.2, 0.25) is 0 Å². The van der Waals surface area contributed by atoms with Gasteiger partial charge in [-0.25, -0.2) is 0 Å². The number of carbonyl (C=O) groups is 1. The van der Waals surface area contributed by atoms with Gasteiger partial charge in [-0.15, -0.1) is 0 Å². The van der Waals surface area contributed by atoms with Gasteiger partial charge in [0.05, 0.1) is 23.0 Å². The summed E-state index contributed by atoms with van der Waals surface area (Å²) >= 11 is 3.58. The molecule has 0 N–H and O–H groups in total. The molecule has 2 aromatic rings. The molecule has 0 aliphatic carbocycles. The topological polar surface area (TPSA) is 31.2 Å². The molecule has 4 heteroatoms. The SMILES string of the molecule is COc1cc2c(cc1Br)-c1c(CC(C)C)cc(C=O)n1CC2. The molecule has 3 rings (SSSR count). The number of aldehydes is 1. The van der Waals surface area contributed by atoms with E-state index in [0.717, 1.165) is 41.6 Å². The lowest BCUT2D eigenvalue weighted by atomic mass is 9.93. The zero-order chi connectivity index (χ0) is 15.9. The predicted octanol–water partition coefficient (Wildman–Crippen LogP) is 4.49. The second-order valence-corrected chi connectivity index (χ2v) is 7.06. The Hall–Kier alpha value is -1.55. The zero-order valence-corrected chi connectivity index (χ0v) is 14.7. The van der Waals surface area contributed by atoms with Gasteiger partial charge in [0.1, 0.15) is 5.75 Å². The first-order chi connectivity index (χ1) is 10.5. The normalized spacial score (nSPS) is 13.0. The van der Waals surface area contributed by atoms with Crippen LogP contribution in [0.1, 0.15) is 35.5 Å². The monoisotopic (exact) mass is 361 g/mol. The maximum Gasteiger partial charge on any atom is 0.166 e. The van der Waals surface area contributed by atoms with E-state index in [1.165, 1.54) is 22.4 Å². The lowest BCUT2D eigenvalue weighted by Crippen LogP contribution is -2.14. The van der Waals surface area contributed by atoms with Crippen molar-refractivity contribution in [2.45, 2.75) is 33.2 Å². The molecular formula is C18H20BrNO2. The van der Waals surface area contributed by atoms with Crippen LogP contribution in [0.4, 0.5) is 0 Å². The first kappa shape index (κ1) is 15.3. The van der Waals surface area contributed by atoms with E-state index >= 15 is 0 Å². The summed E-state index contributed by atoms with van der Waals surface area (Å²) < 4.78 is 8.52. The number of aromatic nitrogens is 1. The molecule has 2 heterocycles. The van der Waals surface area contributed by atoms with Gasteiger partial charge >= 0.3 is 0 Å². The molecule has 0 unspecified atom stereocenters. The molecule has 1 aromatic heterocycles. The van der Waals surface area contributed by atoms with Crippen molar-refractivity contribution in [1.82, 2.24) is 4.57 Å². The largest absolute Gasteiger partial charge is 0.496 e. The molecule has 1 aliphatic heterocycles. The van der Waals surface area contributed by atoms with Crippen LogP contribution in [-0.4, -0.2) is 18.0 Å². The summed E-state index contributed by atoms with van der Waals surface area (Å²) in [6.45, 7) is 5.26. The molecule has 0 atom stereocenters. The van der Waals surface area contributed by atoms with E-state index in [1.807, 2.05) is 0 Å². The maximum atomic E-state index is 11.4. The summed E-state index contributed by atoms with van der Waals surface area (Å²) in [5.74, 6) is 1.42. The zero-order valence-electron chi connectivity index (χ0n) is 13.1. The predicted molar refractivity (Wildman–Crippen MR) is 91.8 cm³/mol. The van der Waals surface area contributed by atoms with E-state index in [4.69, 9.17) is 4.74 Å². The molecule has 0 saturated heterocycles. The molecule has 0 bridgehead atoms. The first-order valence-electron chi connectivity index (χ1n) is 7.59. The summed E-state index contributed by atoms with van der Waals surface area (Å²) in [5, 5.41) is 0. The molecule has 0 saturated carbocycles. The van der Waals surface area contributed by atoms with Crippen molar-refractivity contribution in [2.24, 2.45) is 5.92 Å². The van der Waals surface area contributed by atoms with Crippen LogP contribution < -0.4 is 4.74 Å². The minimum atomic E-state index is 0.554. The Bertz CT molecular complexity index is 731. The van der Waals surface area contributed by atoms with Gasteiger partial charge in [0.25, 0.3) is 0 Å². The van der Waals surface area contributed by atoms with Gasteiger partial charge < -0.3 is 9.30 Å². The van der Waals surface area contributed by atoms with E-state index < -0.39 is 0 Å². The van der Waals surface area contributed by atoms with Crippen LogP contribution in [0.2, 0.25) is 0 Å². The number of benzene rings is 1. The first-order valence-corrected chi connectivity index (χ1v) is 8.38. The summed E-state index contributed by atoms with van der Waals surface area (Å²) in [5.41, 5.74) is 5.73. The molecular weight excluding hydrogens is 342 g/mol. The van der Waals surface area contributed by atoms with E-state index in [2.05, 4.69) is 52.5 Å². The quantitative estimate of drug-likeness (QED) is 0.751. The molecule has 1 aliphatic rings. The highest BCUT2D eigenvalue weighted by Crippen LogP contribution is 2.40. The lowest BCUT2D eigenvalue weighted by molar-refractivity contribution is 0.111. The van der Waals surface area contributed by atoms with Gasteiger partial charge in [0, 0.05) is 12.1 Å². The van der Waals surface area contributed by atoms with E-state index in [-0.39, 0.29) is 0 Å².